The summed E-state index contributed by atoms with van der Waals surface area (Å²) in [5, 5.41) is 2.77. The molecule has 4 rings (SSSR count). The molecule has 0 saturated heterocycles. The van der Waals surface area contributed by atoms with Gasteiger partial charge in [0.15, 0.2) is 0 Å². The van der Waals surface area contributed by atoms with E-state index in [-0.39, 0.29) is 24.3 Å². The van der Waals surface area contributed by atoms with Crippen molar-refractivity contribution in [3.05, 3.63) is 101 Å². The van der Waals surface area contributed by atoms with Gasteiger partial charge in [0.1, 0.15) is 0 Å². The quantitative estimate of drug-likeness (QED) is 0.540. The second-order valence-corrected chi connectivity index (χ2v) is 6.55. The van der Waals surface area contributed by atoms with E-state index in [9.17, 15) is 14.4 Å². The Morgan fingerprint density at radius 2 is 1.62 bits per heavy atom. The minimum atomic E-state index is -0.288. The van der Waals surface area contributed by atoms with Crippen LogP contribution in [0.5, 0.6) is 0 Å². The van der Waals surface area contributed by atoms with Crippen molar-refractivity contribution in [1.82, 2.24) is 9.88 Å². The number of amides is 3. The number of pyridine rings is 1. The SMILES string of the molecule is O=C(/C=C/c1cccnc1)Nc1ccc(CN2C(=O)c3ccccc3C2=O)cc1. The van der Waals surface area contributed by atoms with Gasteiger partial charge in [-0.15, -0.1) is 0 Å². The number of hydrogen-bond donors (Lipinski definition) is 1. The van der Waals surface area contributed by atoms with Gasteiger partial charge < -0.3 is 5.32 Å². The second kappa shape index (κ2) is 7.90. The molecule has 6 nitrogen and oxygen atoms in total. The predicted octanol–water partition coefficient (Wildman–Crippen LogP) is 3.53. The van der Waals surface area contributed by atoms with Crippen LogP contribution < -0.4 is 5.32 Å². The monoisotopic (exact) mass is 383 g/mol. The number of carbonyl (C=O) groups excluding carboxylic acids is 3. The fourth-order valence-corrected chi connectivity index (χ4v) is 3.09. The number of imide groups is 1. The highest BCUT2D eigenvalue weighted by molar-refractivity contribution is 6.21. The van der Waals surface area contributed by atoms with E-state index in [1.807, 2.05) is 6.07 Å². The smallest absolute Gasteiger partial charge is 0.261 e. The van der Waals surface area contributed by atoms with Crippen molar-refractivity contribution in [2.45, 2.75) is 6.54 Å². The number of hydrogen-bond acceptors (Lipinski definition) is 4. The van der Waals surface area contributed by atoms with Crippen molar-refractivity contribution in [2.75, 3.05) is 5.32 Å². The highest BCUT2D eigenvalue weighted by Crippen LogP contribution is 2.24. The predicted molar refractivity (Wildman–Crippen MR) is 109 cm³/mol. The summed E-state index contributed by atoms with van der Waals surface area (Å²) in [5.74, 6) is -0.839. The van der Waals surface area contributed by atoms with Gasteiger partial charge in [-0.2, -0.15) is 0 Å². The molecule has 3 amide bonds. The molecule has 0 radical (unpaired) electrons. The summed E-state index contributed by atoms with van der Waals surface area (Å²) in [7, 11) is 0. The molecule has 3 aromatic rings. The molecule has 0 fully saturated rings. The van der Waals surface area contributed by atoms with Crippen LogP contribution in [0.25, 0.3) is 6.08 Å². The first kappa shape index (κ1) is 18.3. The maximum Gasteiger partial charge on any atom is 0.261 e. The summed E-state index contributed by atoms with van der Waals surface area (Å²) >= 11 is 0. The number of aromatic nitrogens is 1. The van der Waals surface area contributed by atoms with Crippen LogP contribution in [0.15, 0.2) is 79.1 Å². The van der Waals surface area contributed by atoms with Crippen LogP contribution in [0.4, 0.5) is 5.69 Å². The van der Waals surface area contributed by atoms with E-state index in [4.69, 9.17) is 0 Å². The fraction of sp³-hybridized carbons (Fsp3) is 0.0435. The molecule has 0 bridgehead atoms. The van der Waals surface area contributed by atoms with E-state index in [0.29, 0.717) is 16.8 Å². The molecule has 0 unspecified atom stereocenters. The standard InChI is InChI=1S/C23H17N3O3/c27-21(12-9-16-4-3-13-24-14-16)25-18-10-7-17(8-11-18)15-26-22(28)19-5-1-2-6-20(19)23(26)29/h1-14H,15H2,(H,25,27)/b12-9+. The summed E-state index contributed by atoms with van der Waals surface area (Å²) in [5.41, 5.74) is 3.11. The number of carbonyl (C=O) groups is 3. The first-order chi connectivity index (χ1) is 14.1. The zero-order chi connectivity index (χ0) is 20.2. The van der Waals surface area contributed by atoms with Crippen molar-refractivity contribution in [2.24, 2.45) is 0 Å². The molecule has 1 N–H and O–H groups in total. The van der Waals surface area contributed by atoms with Gasteiger partial charge in [-0.1, -0.05) is 30.3 Å². The molecular weight excluding hydrogens is 366 g/mol. The van der Waals surface area contributed by atoms with Gasteiger partial charge in [-0.3, -0.25) is 24.3 Å². The third-order valence-corrected chi connectivity index (χ3v) is 4.55. The van der Waals surface area contributed by atoms with Crippen LogP contribution in [-0.2, 0) is 11.3 Å². The molecule has 6 heteroatoms. The zero-order valence-corrected chi connectivity index (χ0v) is 15.4. The fourth-order valence-electron chi connectivity index (χ4n) is 3.09. The molecule has 0 saturated carbocycles. The first-order valence-electron chi connectivity index (χ1n) is 9.05. The Labute approximate surface area is 167 Å². The average molecular weight is 383 g/mol. The third-order valence-electron chi connectivity index (χ3n) is 4.55. The Morgan fingerprint density at radius 1 is 0.931 bits per heavy atom. The molecule has 2 heterocycles. The van der Waals surface area contributed by atoms with Crippen molar-refractivity contribution < 1.29 is 14.4 Å². The Hall–Kier alpha value is -4.06. The van der Waals surface area contributed by atoms with Crippen molar-refractivity contribution in [3.8, 4) is 0 Å². The van der Waals surface area contributed by atoms with E-state index in [1.165, 1.54) is 11.0 Å². The maximum absolute atomic E-state index is 12.4. The van der Waals surface area contributed by atoms with Crippen molar-refractivity contribution in [1.29, 1.82) is 0 Å². The van der Waals surface area contributed by atoms with Gasteiger partial charge in [-0.05, 0) is 47.5 Å². The highest BCUT2D eigenvalue weighted by atomic mass is 16.2. The van der Waals surface area contributed by atoms with Gasteiger partial charge in [-0.25, -0.2) is 0 Å². The lowest BCUT2D eigenvalue weighted by Crippen LogP contribution is -2.29. The highest BCUT2D eigenvalue weighted by Gasteiger charge is 2.34. The van der Waals surface area contributed by atoms with E-state index >= 15 is 0 Å². The van der Waals surface area contributed by atoms with Crippen molar-refractivity contribution >= 4 is 29.5 Å². The number of nitrogens with one attached hydrogen (secondary N) is 1. The number of fused-ring (bicyclic) bond motifs is 1. The molecule has 1 aliphatic heterocycles. The van der Waals surface area contributed by atoms with Crippen LogP contribution in [0, 0.1) is 0 Å². The lowest BCUT2D eigenvalue weighted by Gasteiger charge is -2.14. The molecule has 2 aromatic carbocycles. The topological polar surface area (TPSA) is 79.4 Å². The van der Waals surface area contributed by atoms with Gasteiger partial charge >= 0.3 is 0 Å². The van der Waals surface area contributed by atoms with Gasteiger partial charge in [0.2, 0.25) is 5.91 Å². The molecular formula is C23H17N3O3. The number of rotatable bonds is 5. The molecule has 1 aromatic heterocycles. The minimum Gasteiger partial charge on any atom is -0.323 e. The molecule has 0 aliphatic carbocycles. The first-order valence-corrected chi connectivity index (χ1v) is 9.05. The van der Waals surface area contributed by atoms with Crippen LogP contribution in [0.2, 0.25) is 0 Å². The zero-order valence-electron chi connectivity index (χ0n) is 15.4. The van der Waals surface area contributed by atoms with Gasteiger partial charge in [0, 0.05) is 24.2 Å². The third kappa shape index (κ3) is 3.96. The lowest BCUT2D eigenvalue weighted by molar-refractivity contribution is -0.111. The van der Waals surface area contributed by atoms with Crippen LogP contribution in [0.1, 0.15) is 31.8 Å². The molecule has 0 atom stereocenters. The summed E-state index contributed by atoms with van der Waals surface area (Å²) < 4.78 is 0. The van der Waals surface area contributed by atoms with Gasteiger partial charge in [0.05, 0.1) is 17.7 Å². The Bertz CT molecular complexity index is 1070. The minimum absolute atomic E-state index is 0.182. The molecule has 29 heavy (non-hydrogen) atoms. The Balaban J connectivity index is 1.39. The van der Waals surface area contributed by atoms with E-state index in [1.54, 1.807) is 73.1 Å². The summed E-state index contributed by atoms with van der Waals surface area (Å²) in [4.78, 5) is 42.2. The number of anilines is 1. The number of nitrogens with zero attached hydrogens (tertiary/aromatic N) is 2. The summed E-state index contributed by atoms with van der Waals surface area (Å²) in [6.45, 7) is 0.182. The maximum atomic E-state index is 12.4. The molecule has 0 spiro atoms. The normalized spacial score (nSPS) is 13.0. The lowest BCUT2D eigenvalue weighted by atomic mass is 10.1. The van der Waals surface area contributed by atoms with Crippen LogP contribution >= 0.6 is 0 Å². The van der Waals surface area contributed by atoms with E-state index in [2.05, 4.69) is 10.3 Å². The molecule has 142 valence electrons. The van der Waals surface area contributed by atoms with E-state index in [0.717, 1.165) is 11.1 Å². The average Bonchev–Trinajstić information content (AvgIpc) is 2.99. The van der Waals surface area contributed by atoms with Gasteiger partial charge in [0.25, 0.3) is 11.8 Å². The largest absolute Gasteiger partial charge is 0.323 e. The molecule has 1 aliphatic rings. The van der Waals surface area contributed by atoms with Crippen LogP contribution in [-0.4, -0.2) is 27.6 Å². The number of benzene rings is 2. The van der Waals surface area contributed by atoms with Crippen molar-refractivity contribution in [3.63, 3.8) is 0 Å². The summed E-state index contributed by atoms with van der Waals surface area (Å²) in [6.07, 6.45) is 6.45. The Morgan fingerprint density at radius 3 is 2.24 bits per heavy atom. The second-order valence-electron chi connectivity index (χ2n) is 6.55. The summed E-state index contributed by atoms with van der Waals surface area (Å²) in [6, 6.07) is 17.5. The Kier molecular flexibility index (Phi) is 4.99. The van der Waals surface area contributed by atoms with Crippen LogP contribution in [0.3, 0.4) is 0 Å². The van der Waals surface area contributed by atoms with E-state index < -0.39 is 0 Å².